The molecule has 12 heteroatoms. The van der Waals surface area contributed by atoms with Crippen molar-refractivity contribution in [2.24, 2.45) is 5.92 Å². The normalized spacial score (nSPS) is 24.0. The number of rotatable bonds is 5. The molecule has 1 saturated carbocycles. The number of nitrogens with zero attached hydrogens (tertiary/aromatic N) is 7. The molecule has 4 heterocycles. The van der Waals surface area contributed by atoms with Gasteiger partial charge in [0.1, 0.15) is 11.5 Å². The molecular weight excluding hydrogens is 449 g/mol. The molecule has 1 aliphatic carbocycles. The van der Waals surface area contributed by atoms with Crippen LogP contribution in [0.4, 0.5) is 19.0 Å². The predicted octanol–water partition coefficient (Wildman–Crippen LogP) is 3.27. The van der Waals surface area contributed by atoms with Crippen molar-refractivity contribution < 1.29 is 18.0 Å². The number of pyridine rings is 1. The van der Waals surface area contributed by atoms with Gasteiger partial charge in [-0.25, -0.2) is 15.0 Å². The van der Waals surface area contributed by atoms with Crippen LogP contribution in [-0.2, 0) is 6.18 Å². The summed E-state index contributed by atoms with van der Waals surface area (Å²) in [5, 5.41) is 11.5. The molecule has 5 rings (SSSR count). The molecule has 2 bridgehead atoms. The summed E-state index contributed by atoms with van der Waals surface area (Å²) in [5.41, 5.74) is 0.428. The first-order chi connectivity index (χ1) is 16.3. The Balaban J connectivity index is 1.42. The Kier molecular flexibility index (Phi) is 5.45. The number of halogens is 3. The van der Waals surface area contributed by atoms with Gasteiger partial charge in [-0.05, 0) is 44.2 Å². The lowest BCUT2D eigenvalue weighted by Crippen LogP contribution is -2.52. The predicted molar refractivity (Wildman–Crippen MR) is 115 cm³/mol. The first-order valence-corrected chi connectivity index (χ1v) is 11.1. The van der Waals surface area contributed by atoms with Crippen molar-refractivity contribution in [3.63, 3.8) is 0 Å². The van der Waals surface area contributed by atoms with Crippen LogP contribution in [0.3, 0.4) is 0 Å². The number of fused-ring (bicyclic) bond motifs is 2. The number of amides is 1. The van der Waals surface area contributed by atoms with E-state index in [9.17, 15) is 18.0 Å². The number of aromatic nitrogens is 6. The lowest BCUT2D eigenvalue weighted by atomic mass is 9.94. The molecular formula is C22H23F3N8O. The molecule has 1 amide bonds. The highest BCUT2D eigenvalue weighted by molar-refractivity contribution is 5.96. The number of nitrogens with one attached hydrogen (secondary N) is 1. The average Bonchev–Trinajstić information content (AvgIpc) is 3.54. The molecule has 2 fully saturated rings. The molecule has 178 valence electrons. The van der Waals surface area contributed by atoms with Crippen LogP contribution in [0.25, 0.3) is 5.69 Å². The highest BCUT2D eigenvalue weighted by Crippen LogP contribution is 2.45. The summed E-state index contributed by atoms with van der Waals surface area (Å²) in [5.74, 6) is 0.316. The van der Waals surface area contributed by atoms with E-state index in [0.717, 1.165) is 25.5 Å². The molecule has 34 heavy (non-hydrogen) atoms. The minimum Gasteiger partial charge on any atom is -0.364 e. The third-order valence-electron chi connectivity index (χ3n) is 6.60. The van der Waals surface area contributed by atoms with Crippen molar-refractivity contribution >= 4 is 11.7 Å². The summed E-state index contributed by atoms with van der Waals surface area (Å²) < 4.78 is 38.4. The number of anilines is 1. The van der Waals surface area contributed by atoms with Gasteiger partial charge in [0, 0.05) is 17.8 Å². The number of carbonyl (C=O) groups is 1. The number of alkyl halides is 3. The average molecular weight is 472 g/mol. The van der Waals surface area contributed by atoms with Crippen molar-refractivity contribution in [2.45, 2.75) is 57.4 Å². The highest BCUT2D eigenvalue weighted by atomic mass is 19.4. The maximum atomic E-state index is 13.8. The molecule has 1 N–H and O–H groups in total. The van der Waals surface area contributed by atoms with Crippen LogP contribution in [0.5, 0.6) is 0 Å². The third-order valence-corrected chi connectivity index (χ3v) is 6.60. The molecule has 0 spiro atoms. The number of piperidine rings is 1. The van der Waals surface area contributed by atoms with Crippen molar-refractivity contribution in [1.82, 2.24) is 34.8 Å². The fourth-order valence-corrected chi connectivity index (χ4v) is 5.20. The molecule has 1 aliphatic heterocycles. The summed E-state index contributed by atoms with van der Waals surface area (Å²) in [6, 6.07) is 3.33. The van der Waals surface area contributed by atoms with Gasteiger partial charge in [-0.3, -0.25) is 4.79 Å². The molecule has 3 aromatic rings. The maximum Gasteiger partial charge on any atom is 0.434 e. The standard InChI is InChI=1S/C22H23F3N8O/c1-3-15-13-8-14(31-19-11-26-18(10-27-19)22(23,24)25)17(9-13)32(15)21(34)20-16(5-4-12(2)30-20)33-28-6-7-29-33/h4-7,10-11,13-15,17H,3,8-9H2,1-2H3,(H,27,31)/t13-,14+,15+,17-/m0/s1. The Morgan fingerprint density at radius 3 is 2.56 bits per heavy atom. The maximum absolute atomic E-state index is 13.8. The van der Waals surface area contributed by atoms with Crippen LogP contribution >= 0.6 is 0 Å². The van der Waals surface area contributed by atoms with Gasteiger partial charge in [-0.15, -0.1) is 4.80 Å². The van der Waals surface area contributed by atoms with Crippen molar-refractivity contribution in [2.75, 3.05) is 5.32 Å². The quantitative estimate of drug-likeness (QED) is 0.608. The van der Waals surface area contributed by atoms with Crippen LogP contribution in [0, 0.1) is 12.8 Å². The highest BCUT2D eigenvalue weighted by Gasteiger charge is 2.53. The van der Waals surface area contributed by atoms with Crippen molar-refractivity contribution in [3.05, 3.63) is 54.0 Å². The van der Waals surface area contributed by atoms with E-state index in [1.165, 1.54) is 17.2 Å². The number of likely N-dealkylation sites (tertiary alicyclic amines) is 1. The second-order valence-electron chi connectivity index (χ2n) is 8.66. The van der Waals surface area contributed by atoms with E-state index < -0.39 is 11.9 Å². The van der Waals surface area contributed by atoms with Crippen LogP contribution in [0.2, 0.25) is 0 Å². The molecule has 4 atom stereocenters. The largest absolute Gasteiger partial charge is 0.434 e. The Morgan fingerprint density at radius 2 is 1.91 bits per heavy atom. The van der Waals surface area contributed by atoms with E-state index >= 15 is 0 Å². The molecule has 2 aliphatic rings. The van der Waals surface area contributed by atoms with E-state index in [0.29, 0.717) is 17.6 Å². The van der Waals surface area contributed by atoms with Crippen molar-refractivity contribution in [1.29, 1.82) is 0 Å². The summed E-state index contributed by atoms with van der Waals surface area (Å²) in [7, 11) is 0. The molecule has 9 nitrogen and oxygen atoms in total. The summed E-state index contributed by atoms with van der Waals surface area (Å²) in [6.45, 7) is 3.87. The third kappa shape index (κ3) is 3.86. The van der Waals surface area contributed by atoms with E-state index in [2.05, 4.69) is 37.4 Å². The molecule has 0 radical (unpaired) electrons. The minimum absolute atomic E-state index is 0.0509. The van der Waals surface area contributed by atoms with Gasteiger partial charge >= 0.3 is 6.18 Å². The van der Waals surface area contributed by atoms with Crippen molar-refractivity contribution in [3.8, 4) is 5.69 Å². The zero-order valence-electron chi connectivity index (χ0n) is 18.6. The first-order valence-electron chi connectivity index (χ1n) is 11.1. The molecule has 0 unspecified atom stereocenters. The zero-order chi connectivity index (χ0) is 24.0. The number of hydrogen-bond donors (Lipinski definition) is 1. The van der Waals surface area contributed by atoms with Gasteiger partial charge in [0.15, 0.2) is 11.4 Å². The van der Waals surface area contributed by atoms with Crippen LogP contribution in [0.1, 0.15) is 48.1 Å². The van der Waals surface area contributed by atoms with Gasteiger partial charge in [0.25, 0.3) is 5.91 Å². The Labute approximate surface area is 193 Å². The Hall–Kier alpha value is -3.57. The van der Waals surface area contributed by atoms with Crippen LogP contribution in [0.15, 0.2) is 36.9 Å². The van der Waals surface area contributed by atoms with Crippen LogP contribution < -0.4 is 5.32 Å². The van der Waals surface area contributed by atoms with E-state index in [1.54, 1.807) is 12.1 Å². The number of hydrogen-bond acceptors (Lipinski definition) is 7. The van der Waals surface area contributed by atoms with Gasteiger partial charge in [-0.2, -0.15) is 23.4 Å². The number of carbonyl (C=O) groups excluding carboxylic acids is 1. The van der Waals surface area contributed by atoms with E-state index in [1.807, 2.05) is 11.8 Å². The Bertz CT molecular complexity index is 1180. The zero-order valence-corrected chi connectivity index (χ0v) is 18.6. The SMILES string of the molecule is CC[C@@H]1[C@H]2C[C@@H](Nc3cnc(C(F)(F)F)cn3)[C@H](C2)N1C(=O)c1nc(C)ccc1-n1nccn1. The molecule has 3 aromatic heterocycles. The summed E-state index contributed by atoms with van der Waals surface area (Å²) in [6.07, 6.45) is 2.72. The topological polar surface area (TPSA) is 102 Å². The Morgan fingerprint density at radius 1 is 1.15 bits per heavy atom. The second-order valence-corrected chi connectivity index (χ2v) is 8.66. The van der Waals surface area contributed by atoms with E-state index in [-0.39, 0.29) is 41.5 Å². The van der Waals surface area contributed by atoms with Gasteiger partial charge in [0.2, 0.25) is 0 Å². The summed E-state index contributed by atoms with van der Waals surface area (Å²) >= 11 is 0. The monoisotopic (exact) mass is 472 g/mol. The van der Waals surface area contributed by atoms with E-state index in [4.69, 9.17) is 0 Å². The summed E-state index contributed by atoms with van der Waals surface area (Å²) in [4.78, 5) is 29.0. The fraction of sp³-hybridized carbons (Fsp3) is 0.455. The lowest BCUT2D eigenvalue weighted by molar-refractivity contribution is -0.141. The van der Waals surface area contributed by atoms with Crippen LogP contribution in [-0.4, -0.2) is 58.9 Å². The van der Waals surface area contributed by atoms with Gasteiger partial charge in [-0.1, -0.05) is 6.92 Å². The van der Waals surface area contributed by atoms with Gasteiger partial charge in [0.05, 0.1) is 30.8 Å². The lowest BCUT2D eigenvalue weighted by Gasteiger charge is -2.39. The second kappa shape index (κ2) is 8.33. The first kappa shape index (κ1) is 22.2. The number of aryl methyl sites for hydroxylation is 1. The minimum atomic E-state index is -4.54. The van der Waals surface area contributed by atoms with Gasteiger partial charge < -0.3 is 10.2 Å². The molecule has 1 saturated heterocycles. The smallest absolute Gasteiger partial charge is 0.364 e. The molecule has 0 aromatic carbocycles. The fourth-order valence-electron chi connectivity index (χ4n) is 5.20.